The normalized spacial score (nSPS) is 19.5. The molecule has 1 atom stereocenters. The molecule has 0 N–H and O–H groups in total. The first-order valence-corrected chi connectivity index (χ1v) is 7.32. The minimum atomic E-state index is -0.747. The number of carbonyl (C=O) groups excluding carboxylic acids is 2. The number of nitrogens with zero attached hydrogens (tertiary/aromatic N) is 1. The van der Waals surface area contributed by atoms with Crippen molar-refractivity contribution in [2.45, 2.75) is 13.2 Å². The first kappa shape index (κ1) is 14.9. The van der Waals surface area contributed by atoms with Gasteiger partial charge in [0.25, 0.3) is 5.91 Å². The summed E-state index contributed by atoms with van der Waals surface area (Å²) in [6, 6.07) is 4.78. The molecule has 0 saturated carbocycles. The van der Waals surface area contributed by atoms with Gasteiger partial charge in [-0.3, -0.25) is 9.69 Å². The molecule has 2 aliphatic heterocycles. The van der Waals surface area contributed by atoms with Crippen LogP contribution in [0.25, 0.3) is 0 Å². The Morgan fingerprint density at radius 3 is 2.91 bits per heavy atom. The van der Waals surface area contributed by atoms with Crippen molar-refractivity contribution in [3.8, 4) is 5.75 Å². The molecule has 5 nitrogen and oxygen atoms in total. The number of benzene rings is 1. The van der Waals surface area contributed by atoms with Gasteiger partial charge in [0, 0.05) is 11.2 Å². The fraction of sp³-hybridized carbons (Fsp3) is 0.200. The fourth-order valence-corrected chi connectivity index (χ4v) is 2.67. The molecule has 7 heteroatoms. The van der Waals surface area contributed by atoms with Gasteiger partial charge in [0.1, 0.15) is 5.75 Å². The fourth-order valence-electron chi connectivity index (χ4n) is 2.25. The van der Waals surface area contributed by atoms with Crippen LogP contribution in [-0.2, 0) is 9.53 Å². The van der Waals surface area contributed by atoms with E-state index in [4.69, 9.17) is 32.7 Å². The summed E-state index contributed by atoms with van der Waals surface area (Å²) in [5.74, 6) is -0.450. The summed E-state index contributed by atoms with van der Waals surface area (Å²) in [4.78, 5) is 25.7. The Morgan fingerprint density at radius 1 is 1.41 bits per heavy atom. The average molecular weight is 340 g/mol. The molecule has 2 heterocycles. The van der Waals surface area contributed by atoms with Gasteiger partial charge in [0.05, 0.1) is 22.8 Å². The molecule has 0 radical (unpaired) electrons. The van der Waals surface area contributed by atoms with Crippen LogP contribution in [0.1, 0.15) is 17.3 Å². The number of esters is 1. The highest BCUT2D eigenvalue weighted by molar-refractivity contribution is 6.35. The molecule has 0 aliphatic carbocycles. The third-order valence-electron chi connectivity index (χ3n) is 3.24. The van der Waals surface area contributed by atoms with Crippen molar-refractivity contribution in [2.24, 2.45) is 0 Å². The maximum atomic E-state index is 12.5. The predicted molar refractivity (Wildman–Crippen MR) is 80.7 cm³/mol. The van der Waals surface area contributed by atoms with Gasteiger partial charge in [-0.25, -0.2) is 4.79 Å². The van der Waals surface area contributed by atoms with E-state index in [0.29, 0.717) is 16.3 Å². The van der Waals surface area contributed by atoms with Crippen molar-refractivity contribution in [3.63, 3.8) is 0 Å². The molecule has 0 bridgehead atoms. The lowest BCUT2D eigenvalue weighted by atomic mass is 10.1. The van der Waals surface area contributed by atoms with Crippen LogP contribution in [0.5, 0.6) is 5.75 Å². The van der Waals surface area contributed by atoms with E-state index >= 15 is 0 Å². The first-order chi connectivity index (χ1) is 10.5. The van der Waals surface area contributed by atoms with Gasteiger partial charge in [-0.05, 0) is 31.2 Å². The van der Waals surface area contributed by atoms with Crippen molar-refractivity contribution in [1.82, 2.24) is 4.90 Å². The van der Waals surface area contributed by atoms with E-state index in [0.717, 1.165) is 0 Å². The summed E-state index contributed by atoms with van der Waals surface area (Å²) < 4.78 is 10.7. The first-order valence-electron chi connectivity index (χ1n) is 6.56. The summed E-state index contributed by atoms with van der Waals surface area (Å²) >= 11 is 12.0. The van der Waals surface area contributed by atoms with Crippen molar-refractivity contribution in [3.05, 3.63) is 51.7 Å². The highest BCUT2D eigenvalue weighted by Crippen LogP contribution is 2.35. The second-order valence-electron chi connectivity index (χ2n) is 4.64. The molecular weight excluding hydrogens is 329 g/mol. The molecule has 0 saturated heterocycles. The Labute approximate surface area is 136 Å². The molecule has 0 fully saturated rings. The van der Waals surface area contributed by atoms with Crippen molar-refractivity contribution in [2.75, 3.05) is 6.61 Å². The Bertz CT molecular complexity index is 726. The van der Waals surface area contributed by atoms with E-state index in [2.05, 4.69) is 0 Å². The number of halogens is 2. The van der Waals surface area contributed by atoms with Crippen molar-refractivity contribution < 1.29 is 19.1 Å². The maximum absolute atomic E-state index is 12.5. The van der Waals surface area contributed by atoms with Gasteiger partial charge >= 0.3 is 5.97 Å². The van der Waals surface area contributed by atoms with E-state index in [1.54, 1.807) is 19.1 Å². The number of ether oxygens (including phenoxy) is 2. The van der Waals surface area contributed by atoms with Crippen molar-refractivity contribution >= 4 is 35.1 Å². The number of hydrogen-bond acceptors (Lipinski definition) is 4. The maximum Gasteiger partial charge on any atom is 0.339 e. The monoisotopic (exact) mass is 339 g/mol. The molecule has 0 spiro atoms. The van der Waals surface area contributed by atoms with E-state index in [-0.39, 0.29) is 23.1 Å². The highest BCUT2D eigenvalue weighted by atomic mass is 35.5. The smallest absolute Gasteiger partial charge is 0.339 e. The summed E-state index contributed by atoms with van der Waals surface area (Å²) in [5, 5.41) is 0.557. The molecule has 2 aliphatic rings. The van der Waals surface area contributed by atoms with Crippen LogP contribution in [0.4, 0.5) is 0 Å². The minimum Gasteiger partial charge on any atom is -0.466 e. The molecule has 1 unspecified atom stereocenters. The zero-order valence-electron chi connectivity index (χ0n) is 11.5. The SMILES string of the molecule is CCOC(=O)C1=CC2Oc3ccc(Cl)cc3C(=O)N2C=C1Cl. The number of carbonyl (C=O) groups is 2. The van der Waals surface area contributed by atoms with Crippen LogP contribution in [0.2, 0.25) is 5.02 Å². The molecule has 1 aromatic rings. The zero-order valence-corrected chi connectivity index (χ0v) is 13.0. The van der Waals surface area contributed by atoms with E-state index < -0.39 is 12.2 Å². The number of fused-ring (bicyclic) bond motifs is 2. The third kappa shape index (κ3) is 2.46. The van der Waals surface area contributed by atoms with Crippen LogP contribution in [0, 0.1) is 0 Å². The molecule has 1 aromatic carbocycles. The van der Waals surface area contributed by atoms with Gasteiger partial charge in [-0.1, -0.05) is 23.2 Å². The summed E-state index contributed by atoms with van der Waals surface area (Å²) in [6.07, 6.45) is 2.09. The highest BCUT2D eigenvalue weighted by Gasteiger charge is 2.36. The molecular formula is C15H11Cl2NO4. The quantitative estimate of drug-likeness (QED) is 0.777. The zero-order chi connectivity index (χ0) is 15.9. The lowest BCUT2D eigenvalue weighted by Crippen LogP contribution is -2.45. The third-order valence-corrected chi connectivity index (χ3v) is 3.78. The van der Waals surface area contributed by atoms with Gasteiger partial charge in [-0.15, -0.1) is 0 Å². The lowest BCUT2D eigenvalue weighted by Gasteiger charge is -2.35. The van der Waals surface area contributed by atoms with Crippen LogP contribution in [-0.4, -0.2) is 29.6 Å². The molecule has 1 amide bonds. The molecule has 114 valence electrons. The summed E-state index contributed by atoms with van der Waals surface area (Å²) in [5.41, 5.74) is 0.521. The van der Waals surface area contributed by atoms with Crippen LogP contribution >= 0.6 is 23.2 Å². The lowest BCUT2D eigenvalue weighted by molar-refractivity contribution is -0.138. The number of hydrogen-bond donors (Lipinski definition) is 0. The van der Waals surface area contributed by atoms with Crippen LogP contribution < -0.4 is 4.74 Å². The number of amides is 1. The second-order valence-corrected chi connectivity index (χ2v) is 5.48. The largest absolute Gasteiger partial charge is 0.466 e. The van der Waals surface area contributed by atoms with Gasteiger partial charge in [0.2, 0.25) is 0 Å². The number of rotatable bonds is 2. The van der Waals surface area contributed by atoms with Gasteiger partial charge in [-0.2, -0.15) is 0 Å². The van der Waals surface area contributed by atoms with Gasteiger partial charge < -0.3 is 9.47 Å². The Morgan fingerprint density at radius 2 is 2.18 bits per heavy atom. The summed E-state index contributed by atoms with van der Waals surface area (Å²) in [7, 11) is 0. The van der Waals surface area contributed by atoms with E-state index in [1.807, 2.05) is 0 Å². The van der Waals surface area contributed by atoms with E-state index in [9.17, 15) is 9.59 Å². The average Bonchev–Trinajstić information content (AvgIpc) is 2.49. The summed E-state index contributed by atoms with van der Waals surface area (Å²) in [6.45, 7) is 1.93. The van der Waals surface area contributed by atoms with Crippen LogP contribution in [0.15, 0.2) is 41.1 Å². The Hall–Kier alpha value is -1.98. The molecule has 22 heavy (non-hydrogen) atoms. The van der Waals surface area contributed by atoms with Crippen molar-refractivity contribution in [1.29, 1.82) is 0 Å². The minimum absolute atomic E-state index is 0.122. The topological polar surface area (TPSA) is 55.8 Å². The van der Waals surface area contributed by atoms with Gasteiger partial charge in [0.15, 0.2) is 6.23 Å². The van der Waals surface area contributed by atoms with Crippen LogP contribution in [0.3, 0.4) is 0 Å². The standard InChI is InChI=1S/C15H11Cl2NO4/c1-2-21-15(20)9-6-13-18(7-11(9)17)14(19)10-5-8(16)3-4-12(10)22-13/h3-7,13H,2H2,1H3. The molecule has 3 rings (SSSR count). The predicted octanol–water partition coefficient (Wildman–Crippen LogP) is 3.08. The molecule has 0 aromatic heterocycles. The van der Waals surface area contributed by atoms with E-state index in [1.165, 1.54) is 23.2 Å². The Kier molecular flexibility index (Phi) is 3.85. The second kappa shape index (κ2) is 5.66. The Balaban J connectivity index is 1.99.